The van der Waals surface area contributed by atoms with Crippen LogP contribution < -0.4 is 16.4 Å². The van der Waals surface area contributed by atoms with Crippen LogP contribution in [0.3, 0.4) is 0 Å². The van der Waals surface area contributed by atoms with Crippen LogP contribution in [0.5, 0.6) is 0 Å². The van der Waals surface area contributed by atoms with Gasteiger partial charge in [-0.3, -0.25) is 9.59 Å². The maximum absolute atomic E-state index is 11.9. The molecule has 1 amide bonds. The minimum absolute atomic E-state index is 0.0310. The molecular weight excluding hydrogens is 322 g/mol. The van der Waals surface area contributed by atoms with Crippen molar-refractivity contribution in [1.29, 1.82) is 0 Å². The number of rotatable bonds is 7. The SMILES string of the molecule is NC(CNC(=O)C1CN(CCc2ccc3c(n2)NCCC3)C1)C(=O)O. The lowest BCUT2D eigenvalue weighted by Gasteiger charge is -2.38. The zero-order valence-electron chi connectivity index (χ0n) is 14.2. The molecule has 0 saturated carbocycles. The van der Waals surface area contributed by atoms with Gasteiger partial charge in [0.05, 0.1) is 5.92 Å². The van der Waals surface area contributed by atoms with Crippen LogP contribution in [0.1, 0.15) is 17.7 Å². The number of amides is 1. The van der Waals surface area contributed by atoms with Crippen LogP contribution in [0.4, 0.5) is 5.82 Å². The summed E-state index contributed by atoms with van der Waals surface area (Å²) in [5, 5.41) is 14.6. The summed E-state index contributed by atoms with van der Waals surface area (Å²) in [5.74, 6) is -0.301. The van der Waals surface area contributed by atoms with Gasteiger partial charge in [-0.2, -0.15) is 0 Å². The molecule has 8 nitrogen and oxygen atoms in total. The highest BCUT2D eigenvalue weighted by Gasteiger charge is 2.32. The van der Waals surface area contributed by atoms with Gasteiger partial charge in [-0.1, -0.05) is 6.07 Å². The van der Waals surface area contributed by atoms with Crippen LogP contribution >= 0.6 is 0 Å². The molecule has 1 atom stereocenters. The zero-order chi connectivity index (χ0) is 17.8. The summed E-state index contributed by atoms with van der Waals surface area (Å²) in [7, 11) is 0. The quantitative estimate of drug-likeness (QED) is 0.522. The molecule has 1 saturated heterocycles. The fourth-order valence-electron chi connectivity index (χ4n) is 3.14. The van der Waals surface area contributed by atoms with Gasteiger partial charge in [0.1, 0.15) is 11.9 Å². The van der Waals surface area contributed by atoms with Crippen LogP contribution in [0, 0.1) is 5.92 Å². The Hall–Kier alpha value is -2.19. The number of hydrogen-bond donors (Lipinski definition) is 4. The fraction of sp³-hybridized carbons (Fsp3) is 0.588. The molecule has 2 aliphatic rings. The van der Waals surface area contributed by atoms with E-state index in [2.05, 4.69) is 32.7 Å². The first kappa shape index (κ1) is 17.6. The predicted molar refractivity (Wildman–Crippen MR) is 93.3 cm³/mol. The van der Waals surface area contributed by atoms with Crippen molar-refractivity contribution >= 4 is 17.7 Å². The second kappa shape index (κ2) is 7.79. The number of nitrogens with zero attached hydrogens (tertiary/aromatic N) is 2. The number of carbonyl (C=O) groups excluding carboxylic acids is 1. The van der Waals surface area contributed by atoms with Crippen molar-refractivity contribution in [3.8, 4) is 0 Å². The summed E-state index contributed by atoms with van der Waals surface area (Å²) in [6, 6.07) is 3.19. The molecule has 8 heteroatoms. The molecule has 0 spiro atoms. The highest BCUT2D eigenvalue weighted by Crippen LogP contribution is 2.21. The third-order valence-corrected chi connectivity index (χ3v) is 4.78. The van der Waals surface area contributed by atoms with Crippen molar-refractivity contribution in [1.82, 2.24) is 15.2 Å². The van der Waals surface area contributed by atoms with Gasteiger partial charge < -0.3 is 26.4 Å². The van der Waals surface area contributed by atoms with Gasteiger partial charge in [-0.15, -0.1) is 0 Å². The zero-order valence-corrected chi connectivity index (χ0v) is 14.2. The Labute approximate surface area is 146 Å². The molecule has 25 heavy (non-hydrogen) atoms. The van der Waals surface area contributed by atoms with E-state index in [1.54, 1.807) is 0 Å². The number of nitrogens with two attached hydrogens (primary N) is 1. The van der Waals surface area contributed by atoms with E-state index in [0.717, 1.165) is 43.9 Å². The van der Waals surface area contributed by atoms with Crippen molar-refractivity contribution < 1.29 is 14.7 Å². The number of aromatic nitrogens is 1. The van der Waals surface area contributed by atoms with Gasteiger partial charge in [-0.25, -0.2) is 4.98 Å². The molecule has 2 aliphatic heterocycles. The van der Waals surface area contributed by atoms with Crippen LogP contribution in [0.15, 0.2) is 12.1 Å². The van der Waals surface area contributed by atoms with Gasteiger partial charge in [0.25, 0.3) is 0 Å². The Morgan fingerprint density at radius 1 is 1.44 bits per heavy atom. The number of carbonyl (C=O) groups is 2. The number of fused-ring (bicyclic) bond motifs is 1. The lowest BCUT2D eigenvalue weighted by Crippen LogP contribution is -2.55. The van der Waals surface area contributed by atoms with Gasteiger partial charge in [0.2, 0.25) is 5.91 Å². The topological polar surface area (TPSA) is 121 Å². The van der Waals surface area contributed by atoms with E-state index < -0.39 is 12.0 Å². The number of aliphatic carboxylic acids is 1. The third kappa shape index (κ3) is 4.46. The van der Waals surface area contributed by atoms with Crippen LogP contribution in [-0.2, 0) is 22.4 Å². The van der Waals surface area contributed by atoms with Crippen molar-refractivity contribution in [3.05, 3.63) is 23.4 Å². The molecule has 0 radical (unpaired) electrons. The van der Waals surface area contributed by atoms with Gasteiger partial charge in [-0.05, 0) is 24.5 Å². The van der Waals surface area contributed by atoms with Crippen molar-refractivity contribution in [3.63, 3.8) is 0 Å². The number of pyridine rings is 1. The van der Waals surface area contributed by atoms with E-state index in [1.807, 2.05) is 0 Å². The van der Waals surface area contributed by atoms with E-state index >= 15 is 0 Å². The minimum atomic E-state index is -1.11. The number of carboxylic acids is 1. The summed E-state index contributed by atoms with van der Waals surface area (Å²) in [4.78, 5) is 29.4. The van der Waals surface area contributed by atoms with E-state index in [-0.39, 0.29) is 18.4 Å². The second-order valence-corrected chi connectivity index (χ2v) is 6.74. The highest BCUT2D eigenvalue weighted by molar-refractivity contribution is 5.81. The fourth-order valence-corrected chi connectivity index (χ4v) is 3.14. The summed E-state index contributed by atoms with van der Waals surface area (Å²) in [6.07, 6.45) is 3.10. The van der Waals surface area contributed by atoms with Crippen molar-refractivity contribution in [2.75, 3.05) is 38.0 Å². The predicted octanol–water partition coefficient (Wildman–Crippen LogP) is -0.558. The Balaban J connectivity index is 1.38. The largest absolute Gasteiger partial charge is 0.480 e. The first-order valence-electron chi connectivity index (χ1n) is 8.74. The number of aryl methyl sites for hydroxylation is 1. The molecule has 1 aromatic rings. The summed E-state index contributed by atoms with van der Waals surface area (Å²) in [6.45, 7) is 3.20. The molecule has 1 aromatic heterocycles. The summed E-state index contributed by atoms with van der Waals surface area (Å²) < 4.78 is 0. The van der Waals surface area contributed by atoms with E-state index in [9.17, 15) is 9.59 Å². The minimum Gasteiger partial charge on any atom is -0.480 e. The molecular formula is C17H25N5O3. The van der Waals surface area contributed by atoms with Gasteiger partial charge >= 0.3 is 5.97 Å². The normalized spacial score (nSPS) is 18.6. The second-order valence-electron chi connectivity index (χ2n) is 6.74. The molecule has 3 rings (SSSR count). The maximum atomic E-state index is 11.9. The lowest BCUT2D eigenvalue weighted by molar-refractivity contribution is -0.138. The molecule has 5 N–H and O–H groups in total. The van der Waals surface area contributed by atoms with Crippen LogP contribution in [0.25, 0.3) is 0 Å². The maximum Gasteiger partial charge on any atom is 0.322 e. The number of nitrogens with one attached hydrogen (secondary N) is 2. The summed E-state index contributed by atoms with van der Waals surface area (Å²) in [5.41, 5.74) is 7.73. The Kier molecular flexibility index (Phi) is 5.50. The van der Waals surface area contributed by atoms with E-state index in [4.69, 9.17) is 10.8 Å². The third-order valence-electron chi connectivity index (χ3n) is 4.78. The Morgan fingerprint density at radius 2 is 2.24 bits per heavy atom. The first-order chi connectivity index (χ1) is 12.0. The standard InChI is InChI=1S/C17H25N5O3/c18-14(17(24)25)8-20-16(23)12-9-22(10-12)7-5-13-4-3-11-2-1-6-19-15(11)21-13/h3-4,12,14H,1-2,5-10,18H2,(H,19,21)(H,20,23)(H,24,25). The van der Waals surface area contributed by atoms with E-state index in [1.165, 1.54) is 5.56 Å². The average molecular weight is 347 g/mol. The first-order valence-corrected chi connectivity index (χ1v) is 8.74. The molecule has 3 heterocycles. The Morgan fingerprint density at radius 3 is 3.00 bits per heavy atom. The average Bonchev–Trinajstić information content (AvgIpc) is 2.57. The molecule has 0 aliphatic carbocycles. The monoisotopic (exact) mass is 347 g/mol. The van der Waals surface area contributed by atoms with Gasteiger partial charge in [0, 0.05) is 44.8 Å². The van der Waals surface area contributed by atoms with Crippen molar-refractivity contribution in [2.45, 2.75) is 25.3 Å². The molecule has 136 valence electrons. The van der Waals surface area contributed by atoms with Crippen molar-refractivity contribution in [2.24, 2.45) is 11.7 Å². The number of likely N-dealkylation sites (tertiary alicyclic amines) is 1. The molecule has 0 bridgehead atoms. The van der Waals surface area contributed by atoms with Gasteiger partial charge in [0.15, 0.2) is 0 Å². The number of hydrogen-bond acceptors (Lipinski definition) is 6. The molecule has 1 fully saturated rings. The Bertz CT molecular complexity index is 645. The highest BCUT2D eigenvalue weighted by atomic mass is 16.4. The smallest absolute Gasteiger partial charge is 0.322 e. The molecule has 1 unspecified atom stereocenters. The number of carboxylic acid groups (broad SMARTS) is 1. The lowest BCUT2D eigenvalue weighted by atomic mass is 9.98. The number of anilines is 1. The summed E-state index contributed by atoms with van der Waals surface area (Å²) >= 11 is 0. The molecule has 0 aromatic carbocycles. The van der Waals surface area contributed by atoms with E-state index in [0.29, 0.717) is 13.1 Å². The van der Waals surface area contributed by atoms with Crippen LogP contribution in [0.2, 0.25) is 0 Å². The van der Waals surface area contributed by atoms with Crippen LogP contribution in [-0.4, -0.2) is 65.6 Å².